The Bertz CT molecular complexity index is 921. The van der Waals surface area contributed by atoms with Gasteiger partial charge in [-0.3, -0.25) is 0 Å². The number of hydrogen-bond donors (Lipinski definition) is 0. The lowest BCUT2D eigenvalue weighted by atomic mass is 10.1. The molecule has 134 valence electrons. The molecule has 0 N–H and O–H groups in total. The molecular weight excluding hydrogens is 354 g/mol. The minimum absolute atomic E-state index is 0.0180. The van der Waals surface area contributed by atoms with Crippen molar-refractivity contribution in [2.24, 2.45) is 0 Å². The topological polar surface area (TPSA) is 74.7 Å². The fourth-order valence-corrected chi connectivity index (χ4v) is 2.95. The van der Waals surface area contributed by atoms with Crippen LogP contribution in [0.3, 0.4) is 0 Å². The van der Waals surface area contributed by atoms with Gasteiger partial charge < -0.3 is 14.2 Å². The van der Waals surface area contributed by atoms with Crippen LogP contribution in [0.2, 0.25) is 0 Å². The summed E-state index contributed by atoms with van der Waals surface area (Å²) in [5.74, 6) is -0.391. The van der Waals surface area contributed by atoms with Crippen LogP contribution < -0.4 is 4.74 Å². The highest BCUT2D eigenvalue weighted by molar-refractivity contribution is 7.11. The van der Waals surface area contributed by atoms with Crippen LogP contribution in [0.4, 0.5) is 0 Å². The standard InChI is InChI=1S/C19H17NO5S/c1-2-23-19(22)18-20-15(12-26-18)10-25-17(21)11-24-16-8-7-13-5-3-4-6-14(13)9-16/h3-9,12H,2,10-11H2,1H3. The first-order valence-corrected chi connectivity index (χ1v) is 8.92. The van der Waals surface area contributed by atoms with Crippen molar-refractivity contribution in [1.29, 1.82) is 0 Å². The van der Waals surface area contributed by atoms with Crippen molar-refractivity contribution < 1.29 is 23.8 Å². The maximum atomic E-state index is 11.8. The molecule has 6 nitrogen and oxygen atoms in total. The summed E-state index contributed by atoms with van der Waals surface area (Å²) in [6.07, 6.45) is 0. The molecule has 3 aromatic rings. The second-order valence-electron chi connectivity index (χ2n) is 5.32. The number of carbonyl (C=O) groups excluding carboxylic acids is 2. The summed E-state index contributed by atoms with van der Waals surface area (Å²) >= 11 is 1.15. The van der Waals surface area contributed by atoms with Crippen LogP contribution in [-0.2, 0) is 20.9 Å². The normalized spacial score (nSPS) is 10.5. The molecular formula is C19H17NO5S. The molecule has 3 rings (SSSR count). The monoisotopic (exact) mass is 371 g/mol. The summed E-state index contributed by atoms with van der Waals surface area (Å²) in [6, 6.07) is 13.5. The van der Waals surface area contributed by atoms with E-state index in [0.717, 1.165) is 22.1 Å². The van der Waals surface area contributed by atoms with Gasteiger partial charge in [-0.1, -0.05) is 30.3 Å². The van der Waals surface area contributed by atoms with Gasteiger partial charge in [0.15, 0.2) is 6.61 Å². The van der Waals surface area contributed by atoms with E-state index in [2.05, 4.69) is 4.98 Å². The van der Waals surface area contributed by atoms with Crippen molar-refractivity contribution in [1.82, 2.24) is 4.98 Å². The highest BCUT2D eigenvalue weighted by Crippen LogP contribution is 2.20. The molecule has 0 saturated carbocycles. The summed E-state index contributed by atoms with van der Waals surface area (Å²) in [5, 5.41) is 4.03. The molecule has 0 amide bonds. The van der Waals surface area contributed by atoms with Gasteiger partial charge in [0, 0.05) is 5.38 Å². The van der Waals surface area contributed by atoms with E-state index in [1.807, 2.05) is 42.5 Å². The number of fused-ring (bicyclic) bond motifs is 1. The summed E-state index contributed by atoms with van der Waals surface area (Å²) in [5.41, 5.74) is 0.497. The number of benzene rings is 2. The van der Waals surface area contributed by atoms with Crippen LogP contribution in [0.25, 0.3) is 10.8 Å². The molecule has 0 spiro atoms. The Labute approximate surface area is 154 Å². The van der Waals surface area contributed by atoms with Gasteiger partial charge in [-0.15, -0.1) is 11.3 Å². The molecule has 0 radical (unpaired) electrons. The zero-order valence-corrected chi connectivity index (χ0v) is 15.0. The van der Waals surface area contributed by atoms with Gasteiger partial charge >= 0.3 is 11.9 Å². The van der Waals surface area contributed by atoms with Crippen molar-refractivity contribution in [2.75, 3.05) is 13.2 Å². The van der Waals surface area contributed by atoms with Crippen LogP contribution in [-0.4, -0.2) is 30.1 Å². The molecule has 2 aromatic carbocycles. The third-order valence-corrected chi connectivity index (χ3v) is 4.33. The molecule has 0 aliphatic heterocycles. The number of hydrogen-bond acceptors (Lipinski definition) is 7. The number of ether oxygens (including phenoxy) is 3. The molecule has 1 aromatic heterocycles. The summed E-state index contributed by atoms with van der Waals surface area (Å²) < 4.78 is 15.5. The van der Waals surface area contributed by atoms with E-state index in [0.29, 0.717) is 11.4 Å². The Hall–Kier alpha value is -2.93. The Morgan fingerprint density at radius 2 is 1.88 bits per heavy atom. The van der Waals surface area contributed by atoms with Crippen molar-refractivity contribution in [3.8, 4) is 5.75 Å². The number of aromatic nitrogens is 1. The highest BCUT2D eigenvalue weighted by Gasteiger charge is 2.13. The van der Waals surface area contributed by atoms with Crippen molar-refractivity contribution in [2.45, 2.75) is 13.5 Å². The molecule has 0 fully saturated rings. The zero-order valence-electron chi connectivity index (χ0n) is 14.1. The van der Waals surface area contributed by atoms with Crippen molar-refractivity contribution >= 4 is 34.0 Å². The third kappa shape index (κ3) is 4.58. The minimum Gasteiger partial charge on any atom is -0.482 e. The lowest BCUT2D eigenvalue weighted by molar-refractivity contribution is -0.147. The molecule has 0 atom stereocenters. The van der Waals surface area contributed by atoms with Crippen molar-refractivity contribution in [3.63, 3.8) is 0 Å². The molecule has 7 heteroatoms. The summed E-state index contributed by atoms with van der Waals surface area (Å²) in [6.45, 7) is 1.79. The predicted octanol–water partition coefficient (Wildman–Crippen LogP) is 3.60. The van der Waals surface area contributed by atoms with E-state index < -0.39 is 11.9 Å². The summed E-state index contributed by atoms with van der Waals surface area (Å²) in [4.78, 5) is 27.5. The predicted molar refractivity (Wildman–Crippen MR) is 97.3 cm³/mol. The average Bonchev–Trinajstić information content (AvgIpc) is 3.14. The Morgan fingerprint density at radius 3 is 2.69 bits per heavy atom. The molecule has 26 heavy (non-hydrogen) atoms. The smallest absolute Gasteiger partial charge is 0.367 e. The maximum absolute atomic E-state index is 11.8. The van der Waals surface area contributed by atoms with Crippen LogP contribution in [0, 0.1) is 0 Å². The van der Waals surface area contributed by atoms with Gasteiger partial charge in [0.05, 0.1) is 12.3 Å². The molecule has 0 saturated heterocycles. The fraction of sp³-hybridized carbons (Fsp3) is 0.211. The van der Waals surface area contributed by atoms with E-state index in [4.69, 9.17) is 14.2 Å². The van der Waals surface area contributed by atoms with Crippen LogP contribution >= 0.6 is 11.3 Å². The SMILES string of the molecule is CCOC(=O)c1nc(COC(=O)COc2ccc3ccccc3c2)cs1. The summed E-state index contributed by atoms with van der Waals surface area (Å²) in [7, 11) is 0. The molecule has 0 unspecified atom stereocenters. The first-order chi connectivity index (χ1) is 12.7. The lowest BCUT2D eigenvalue weighted by Gasteiger charge is -2.07. The molecule has 1 heterocycles. The number of rotatable bonds is 7. The van der Waals surface area contributed by atoms with Gasteiger partial charge in [-0.2, -0.15) is 0 Å². The molecule has 0 aliphatic carbocycles. The largest absolute Gasteiger partial charge is 0.482 e. The fourth-order valence-electron chi connectivity index (χ4n) is 2.26. The van der Waals surface area contributed by atoms with Crippen molar-refractivity contribution in [3.05, 3.63) is 58.5 Å². The number of esters is 2. The van der Waals surface area contributed by atoms with E-state index in [-0.39, 0.29) is 24.8 Å². The number of carbonyl (C=O) groups is 2. The van der Waals surface area contributed by atoms with E-state index in [1.54, 1.807) is 12.3 Å². The van der Waals surface area contributed by atoms with E-state index in [9.17, 15) is 9.59 Å². The van der Waals surface area contributed by atoms with Gasteiger partial charge in [-0.05, 0) is 29.8 Å². The Balaban J connectivity index is 1.48. The van der Waals surface area contributed by atoms with Crippen LogP contribution in [0.5, 0.6) is 5.75 Å². The number of nitrogens with zero attached hydrogens (tertiary/aromatic N) is 1. The van der Waals surface area contributed by atoms with Crippen LogP contribution in [0.15, 0.2) is 47.8 Å². The first kappa shape index (κ1) is 17.9. The lowest BCUT2D eigenvalue weighted by Crippen LogP contribution is -2.15. The molecule has 0 aliphatic rings. The van der Waals surface area contributed by atoms with Gasteiger partial charge in [0.1, 0.15) is 12.4 Å². The maximum Gasteiger partial charge on any atom is 0.367 e. The Kier molecular flexibility index (Phi) is 5.80. The van der Waals surface area contributed by atoms with Gasteiger partial charge in [0.25, 0.3) is 0 Å². The van der Waals surface area contributed by atoms with E-state index >= 15 is 0 Å². The number of thiazole rings is 1. The highest BCUT2D eigenvalue weighted by atomic mass is 32.1. The average molecular weight is 371 g/mol. The van der Waals surface area contributed by atoms with Crippen LogP contribution in [0.1, 0.15) is 22.4 Å². The third-order valence-electron chi connectivity index (χ3n) is 3.46. The first-order valence-electron chi connectivity index (χ1n) is 8.04. The second-order valence-corrected chi connectivity index (χ2v) is 6.18. The second kappa shape index (κ2) is 8.44. The van der Waals surface area contributed by atoms with Gasteiger partial charge in [0.2, 0.25) is 5.01 Å². The van der Waals surface area contributed by atoms with E-state index in [1.165, 1.54) is 0 Å². The Morgan fingerprint density at radius 1 is 1.08 bits per heavy atom. The van der Waals surface area contributed by atoms with Gasteiger partial charge in [-0.25, -0.2) is 14.6 Å². The zero-order chi connectivity index (χ0) is 18.4. The minimum atomic E-state index is -0.510. The molecule has 0 bridgehead atoms. The quantitative estimate of drug-likeness (QED) is 0.591.